The van der Waals surface area contributed by atoms with Crippen LogP contribution in [0, 0.1) is 6.92 Å². The highest BCUT2D eigenvalue weighted by molar-refractivity contribution is 6.30. The summed E-state index contributed by atoms with van der Waals surface area (Å²) in [5.74, 6) is -0.104. The molecule has 0 unspecified atom stereocenters. The highest BCUT2D eigenvalue weighted by atomic mass is 35.5. The monoisotopic (exact) mass is 235 g/mol. The Balaban J connectivity index is 2.45. The van der Waals surface area contributed by atoms with E-state index in [0.717, 1.165) is 5.69 Å². The SMILES string of the molecule is Cc1cc(C(=O)c2cncn2C)cc(Cl)n1. The van der Waals surface area contributed by atoms with Crippen molar-refractivity contribution in [1.82, 2.24) is 14.5 Å². The Hall–Kier alpha value is -1.68. The second-order valence-electron chi connectivity index (χ2n) is 3.54. The van der Waals surface area contributed by atoms with Crippen molar-refractivity contribution in [3.8, 4) is 0 Å². The van der Waals surface area contributed by atoms with E-state index in [2.05, 4.69) is 9.97 Å². The van der Waals surface area contributed by atoms with E-state index in [-0.39, 0.29) is 5.78 Å². The summed E-state index contributed by atoms with van der Waals surface area (Å²) >= 11 is 5.81. The highest BCUT2D eigenvalue weighted by Gasteiger charge is 2.13. The van der Waals surface area contributed by atoms with Crippen LogP contribution in [-0.2, 0) is 7.05 Å². The second-order valence-corrected chi connectivity index (χ2v) is 3.93. The largest absolute Gasteiger partial charge is 0.331 e. The van der Waals surface area contributed by atoms with Crippen LogP contribution in [0.1, 0.15) is 21.7 Å². The summed E-state index contributed by atoms with van der Waals surface area (Å²) in [5, 5.41) is 0.325. The molecular weight excluding hydrogens is 226 g/mol. The molecule has 5 heteroatoms. The molecule has 0 aromatic carbocycles. The van der Waals surface area contributed by atoms with Crippen LogP contribution in [0.4, 0.5) is 0 Å². The Kier molecular flexibility index (Phi) is 2.75. The van der Waals surface area contributed by atoms with Gasteiger partial charge in [-0.2, -0.15) is 0 Å². The van der Waals surface area contributed by atoms with E-state index in [1.165, 1.54) is 6.20 Å². The highest BCUT2D eigenvalue weighted by Crippen LogP contribution is 2.14. The number of aromatic nitrogens is 3. The zero-order valence-electron chi connectivity index (χ0n) is 8.94. The molecule has 0 bridgehead atoms. The van der Waals surface area contributed by atoms with E-state index in [4.69, 9.17) is 11.6 Å². The van der Waals surface area contributed by atoms with Gasteiger partial charge in [0, 0.05) is 18.3 Å². The van der Waals surface area contributed by atoms with E-state index < -0.39 is 0 Å². The minimum Gasteiger partial charge on any atom is -0.331 e. The van der Waals surface area contributed by atoms with Crippen molar-refractivity contribution >= 4 is 17.4 Å². The fourth-order valence-electron chi connectivity index (χ4n) is 1.48. The van der Waals surface area contributed by atoms with Gasteiger partial charge in [-0.1, -0.05) is 11.6 Å². The maximum atomic E-state index is 12.1. The third kappa shape index (κ3) is 1.97. The van der Waals surface area contributed by atoms with Crippen molar-refractivity contribution in [2.75, 3.05) is 0 Å². The number of rotatable bonds is 2. The Morgan fingerprint density at radius 1 is 1.44 bits per heavy atom. The predicted molar refractivity (Wildman–Crippen MR) is 60.6 cm³/mol. The molecule has 82 valence electrons. The van der Waals surface area contributed by atoms with Gasteiger partial charge in [-0.05, 0) is 19.1 Å². The third-order valence-electron chi connectivity index (χ3n) is 2.23. The van der Waals surface area contributed by atoms with E-state index in [9.17, 15) is 4.79 Å². The number of halogens is 1. The summed E-state index contributed by atoms with van der Waals surface area (Å²) in [6.07, 6.45) is 3.12. The molecule has 2 aromatic rings. The van der Waals surface area contributed by atoms with Gasteiger partial charge in [0.05, 0.1) is 12.5 Å². The Morgan fingerprint density at radius 3 is 2.75 bits per heavy atom. The van der Waals surface area contributed by atoms with Crippen molar-refractivity contribution in [2.45, 2.75) is 6.92 Å². The molecule has 0 saturated heterocycles. The molecule has 2 heterocycles. The number of carbonyl (C=O) groups excluding carboxylic acids is 1. The molecule has 2 aromatic heterocycles. The van der Waals surface area contributed by atoms with Crippen LogP contribution in [0.3, 0.4) is 0 Å². The quantitative estimate of drug-likeness (QED) is 0.591. The van der Waals surface area contributed by atoms with E-state index in [1.807, 2.05) is 0 Å². The van der Waals surface area contributed by atoms with Gasteiger partial charge in [0.1, 0.15) is 10.8 Å². The van der Waals surface area contributed by atoms with Crippen molar-refractivity contribution in [1.29, 1.82) is 0 Å². The maximum Gasteiger partial charge on any atom is 0.211 e. The molecule has 2 rings (SSSR count). The fraction of sp³-hybridized carbons (Fsp3) is 0.182. The van der Waals surface area contributed by atoms with Crippen LogP contribution in [0.2, 0.25) is 5.15 Å². The number of hydrogen-bond donors (Lipinski definition) is 0. The molecule has 0 fully saturated rings. The Bertz CT molecular complexity index is 528. The van der Waals surface area contributed by atoms with Gasteiger partial charge in [0.25, 0.3) is 0 Å². The van der Waals surface area contributed by atoms with E-state index in [1.54, 1.807) is 37.0 Å². The minimum atomic E-state index is -0.104. The molecule has 0 spiro atoms. The first kappa shape index (κ1) is 10.8. The molecule has 0 N–H and O–H groups in total. The van der Waals surface area contributed by atoms with Crippen molar-refractivity contribution in [2.24, 2.45) is 7.05 Å². The first-order valence-corrected chi connectivity index (χ1v) is 5.11. The Labute approximate surface area is 97.9 Å². The first-order chi connectivity index (χ1) is 7.58. The van der Waals surface area contributed by atoms with E-state index in [0.29, 0.717) is 16.4 Å². The standard InChI is InChI=1S/C11H10ClN3O/c1-7-3-8(4-10(12)14-7)11(16)9-5-13-6-15(9)2/h3-6H,1-2H3. The lowest BCUT2D eigenvalue weighted by Gasteiger charge is -2.03. The summed E-state index contributed by atoms with van der Waals surface area (Å²) in [5.41, 5.74) is 1.78. The number of hydrogen-bond acceptors (Lipinski definition) is 3. The van der Waals surface area contributed by atoms with Gasteiger partial charge in [-0.3, -0.25) is 4.79 Å². The zero-order valence-corrected chi connectivity index (χ0v) is 9.69. The molecule has 0 atom stereocenters. The summed E-state index contributed by atoms with van der Waals surface area (Å²) in [6, 6.07) is 3.27. The number of nitrogens with zero attached hydrogens (tertiary/aromatic N) is 3. The fourth-order valence-corrected chi connectivity index (χ4v) is 1.73. The van der Waals surface area contributed by atoms with Gasteiger partial charge in [0.15, 0.2) is 0 Å². The van der Waals surface area contributed by atoms with E-state index >= 15 is 0 Å². The lowest BCUT2D eigenvalue weighted by atomic mass is 10.1. The molecule has 0 aliphatic heterocycles. The zero-order chi connectivity index (χ0) is 11.7. The van der Waals surface area contributed by atoms with Crippen LogP contribution in [-0.4, -0.2) is 20.3 Å². The number of carbonyl (C=O) groups is 1. The number of pyridine rings is 1. The first-order valence-electron chi connectivity index (χ1n) is 4.73. The number of imidazole rings is 1. The molecule has 4 nitrogen and oxygen atoms in total. The summed E-state index contributed by atoms with van der Waals surface area (Å²) in [7, 11) is 1.77. The van der Waals surface area contributed by atoms with Crippen molar-refractivity contribution < 1.29 is 4.79 Å². The van der Waals surface area contributed by atoms with Crippen LogP contribution in [0.15, 0.2) is 24.7 Å². The average molecular weight is 236 g/mol. The second kappa shape index (κ2) is 4.06. The topological polar surface area (TPSA) is 47.8 Å². The van der Waals surface area contributed by atoms with Crippen LogP contribution < -0.4 is 0 Å². The average Bonchev–Trinajstić information content (AvgIpc) is 2.62. The third-order valence-corrected chi connectivity index (χ3v) is 2.43. The Morgan fingerprint density at radius 2 is 2.19 bits per heavy atom. The summed E-state index contributed by atoms with van der Waals surface area (Å²) in [6.45, 7) is 1.80. The van der Waals surface area contributed by atoms with Crippen molar-refractivity contribution in [3.05, 3.63) is 46.8 Å². The maximum absolute atomic E-state index is 12.1. The van der Waals surface area contributed by atoms with Gasteiger partial charge in [-0.15, -0.1) is 0 Å². The molecule has 0 aliphatic rings. The predicted octanol–water partition coefficient (Wildman–Crippen LogP) is 2.01. The number of aryl methyl sites for hydroxylation is 2. The molecule has 0 radical (unpaired) electrons. The minimum absolute atomic E-state index is 0.104. The van der Waals surface area contributed by atoms with Gasteiger partial charge < -0.3 is 4.57 Å². The summed E-state index contributed by atoms with van der Waals surface area (Å²) < 4.78 is 1.67. The molecular formula is C11H10ClN3O. The smallest absolute Gasteiger partial charge is 0.211 e. The van der Waals surface area contributed by atoms with Crippen LogP contribution >= 0.6 is 11.6 Å². The van der Waals surface area contributed by atoms with Gasteiger partial charge >= 0.3 is 0 Å². The van der Waals surface area contributed by atoms with Crippen LogP contribution in [0.25, 0.3) is 0 Å². The van der Waals surface area contributed by atoms with Crippen molar-refractivity contribution in [3.63, 3.8) is 0 Å². The van der Waals surface area contributed by atoms with Crippen LogP contribution in [0.5, 0.6) is 0 Å². The lowest BCUT2D eigenvalue weighted by Crippen LogP contribution is -2.07. The molecule has 0 saturated carbocycles. The molecule has 0 aliphatic carbocycles. The molecule has 16 heavy (non-hydrogen) atoms. The van der Waals surface area contributed by atoms with Gasteiger partial charge in [-0.25, -0.2) is 9.97 Å². The number of ketones is 1. The van der Waals surface area contributed by atoms with Gasteiger partial charge in [0.2, 0.25) is 5.78 Å². The molecule has 0 amide bonds. The normalized spacial score (nSPS) is 10.4. The summed E-state index contributed by atoms with van der Waals surface area (Å²) in [4.78, 5) is 20.0. The lowest BCUT2D eigenvalue weighted by molar-refractivity contribution is 0.103.